The van der Waals surface area contributed by atoms with Gasteiger partial charge in [0, 0.05) is 13.1 Å². The first-order valence-electron chi connectivity index (χ1n) is 7.49. The standard InChI is InChI=1S/C17H27NS/c1-15-8-4-5-9-16(15)12-18(2)13-17(14-19)10-6-3-7-11-17/h4-5,8-9,19H,3,6-7,10-14H2,1-2H3. The summed E-state index contributed by atoms with van der Waals surface area (Å²) in [7, 11) is 2.26. The molecule has 19 heavy (non-hydrogen) atoms. The molecule has 0 aromatic heterocycles. The Morgan fingerprint density at radius 3 is 2.47 bits per heavy atom. The minimum atomic E-state index is 0.457. The van der Waals surface area contributed by atoms with Gasteiger partial charge >= 0.3 is 0 Å². The average molecular weight is 277 g/mol. The largest absolute Gasteiger partial charge is 0.302 e. The van der Waals surface area contributed by atoms with E-state index < -0.39 is 0 Å². The van der Waals surface area contributed by atoms with Crippen molar-refractivity contribution in [2.75, 3.05) is 19.3 Å². The summed E-state index contributed by atoms with van der Waals surface area (Å²) in [6.45, 7) is 4.45. The highest BCUT2D eigenvalue weighted by Crippen LogP contribution is 2.38. The summed E-state index contributed by atoms with van der Waals surface area (Å²) in [5, 5.41) is 0. The van der Waals surface area contributed by atoms with Crippen molar-refractivity contribution in [2.24, 2.45) is 5.41 Å². The molecule has 1 fully saturated rings. The molecule has 0 heterocycles. The molecule has 0 aliphatic heterocycles. The Balaban J connectivity index is 1.96. The lowest BCUT2D eigenvalue weighted by atomic mass is 9.75. The molecule has 0 saturated heterocycles. The average Bonchev–Trinajstić information content (AvgIpc) is 2.42. The quantitative estimate of drug-likeness (QED) is 0.785. The van der Waals surface area contributed by atoms with Crippen LogP contribution in [0.3, 0.4) is 0 Å². The van der Waals surface area contributed by atoms with E-state index in [2.05, 4.69) is 55.8 Å². The zero-order chi connectivity index (χ0) is 13.7. The van der Waals surface area contributed by atoms with Gasteiger partial charge in [-0.05, 0) is 49.1 Å². The molecule has 106 valence electrons. The Morgan fingerprint density at radius 1 is 1.16 bits per heavy atom. The number of nitrogens with zero attached hydrogens (tertiary/aromatic N) is 1. The maximum absolute atomic E-state index is 4.64. The molecule has 1 nitrogen and oxygen atoms in total. The van der Waals surface area contributed by atoms with E-state index in [1.807, 2.05) is 0 Å². The molecule has 0 unspecified atom stereocenters. The molecule has 1 aromatic carbocycles. The molecule has 0 amide bonds. The Morgan fingerprint density at radius 2 is 1.84 bits per heavy atom. The summed E-state index contributed by atoms with van der Waals surface area (Å²) in [5.41, 5.74) is 3.31. The maximum Gasteiger partial charge on any atom is 0.0233 e. The molecule has 1 saturated carbocycles. The van der Waals surface area contributed by atoms with Gasteiger partial charge in [-0.2, -0.15) is 12.6 Å². The van der Waals surface area contributed by atoms with Crippen molar-refractivity contribution in [3.63, 3.8) is 0 Å². The van der Waals surface area contributed by atoms with E-state index in [4.69, 9.17) is 0 Å². The molecule has 1 aliphatic rings. The number of aryl methyl sites for hydroxylation is 1. The number of hydrogen-bond donors (Lipinski definition) is 1. The first kappa shape index (κ1) is 14.9. The summed E-state index contributed by atoms with van der Waals surface area (Å²) in [6, 6.07) is 8.72. The number of benzene rings is 1. The highest BCUT2D eigenvalue weighted by molar-refractivity contribution is 7.80. The normalized spacial score (nSPS) is 18.7. The number of hydrogen-bond acceptors (Lipinski definition) is 2. The fourth-order valence-corrected chi connectivity index (χ4v) is 3.79. The maximum atomic E-state index is 4.64. The van der Waals surface area contributed by atoms with Crippen molar-refractivity contribution in [1.29, 1.82) is 0 Å². The van der Waals surface area contributed by atoms with Gasteiger partial charge in [-0.25, -0.2) is 0 Å². The molecule has 0 N–H and O–H groups in total. The van der Waals surface area contributed by atoms with Gasteiger partial charge in [0.1, 0.15) is 0 Å². The second-order valence-corrected chi connectivity index (χ2v) is 6.63. The van der Waals surface area contributed by atoms with Crippen LogP contribution in [0.4, 0.5) is 0 Å². The van der Waals surface area contributed by atoms with Crippen LogP contribution in [0.25, 0.3) is 0 Å². The van der Waals surface area contributed by atoms with Crippen molar-refractivity contribution in [2.45, 2.75) is 45.6 Å². The SMILES string of the molecule is Cc1ccccc1CN(C)CC1(CS)CCCCC1. The predicted octanol–water partition coefficient (Wildman–Crippen LogP) is 4.31. The molecule has 0 atom stereocenters. The summed E-state index contributed by atoms with van der Waals surface area (Å²) in [6.07, 6.45) is 6.90. The first-order valence-corrected chi connectivity index (χ1v) is 8.12. The van der Waals surface area contributed by atoms with Gasteiger partial charge in [0.25, 0.3) is 0 Å². The van der Waals surface area contributed by atoms with Crippen LogP contribution in [0.5, 0.6) is 0 Å². The van der Waals surface area contributed by atoms with Crippen molar-refractivity contribution in [3.05, 3.63) is 35.4 Å². The van der Waals surface area contributed by atoms with Crippen molar-refractivity contribution >= 4 is 12.6 Å². The third-order valence-corrected chi connectivity index (χ3v) is 5.23. The topological polar surface area (TPSA) is 3.24 Å². The van der Waals surface area contributed by atoms with Gasteiger partial charge in [0.05, 0.1) is 0 Å². The molecule has 0 radical (unpaired) electrons. The minimum Gasteiger partial charge on any atom is -0.302 e. The molecule has 0 spiro atoms. The smallest absolute Gasteiger partial charge is 0.0233 e. The Hall–Kier alpha value is -0.470. The monoisotopic (exact) mass is 277 g/mol. The highest BCUT2D eigenvalue weighted by Gasteiger charge is 2.31. The van der Waals surface area contributed by atoms with Gasteiger partial charge in [0.2, 0.25) is 0 Å². The number of rotatable bonds is 5. The number of thiol groups is 1. The van der Waals surface area contributed by atoms with E-state index in [0.717, 1.165) is 12.3 Å². The van der Waals surface area contributed by atoms with E-state index in [-0.39, 0.29) is 0 Å². The third-order valence-electron chi connectivity index (χ3n) is 4.56. The van der Waals surface area contributed by atoms with E-state index in [9.17, 15) is 0 Å². The van der Waals surface area contributed by atoms with Crippen LogP contribution in [-0.4, -0.2) is 24.2 Å². The Labute approximate surface area is 123 Å². The zero-order valence-electron chi connectivity index (χ0n) is 12.4. The minimum absolute atomic E-state index is 0.457. The highest BCUT2D eigenvalue weighted by atomic mass is 32.1. The molecule has 1 aliphatic carbocycles. The van der Waals surface area contributed by atoms with Crippen molar-refractivity contribution in [3.8, 4) is 0 Å². The second kappa shape index (κ2) is 6.81. The molecular formula is C17H27NS. The van der Waals surface area contributed by atoms with Gasteiger partial charge in [0.15, 0.2) is 0 Å². The fourth-order valence-electron chi connectivity index (χ4n) is 3.37. The zero-order valence-corrected chi connectivity index (χ0v) is 13.3. The first-order chi connectivity index (χ1) is 9.15. The van der Waals surface area contributed by atoms with E-state index >= 15 is 0 Å². The van der Waals surface area contributed by atoms with Crippen LogP contribution < -0.4 is 0 Å². The van der Waals surface area contributed by atoms with Gasteiger partial charge < -0.3 is 4.90 Å². The van der Waals surface area contributed by atoms with Crippen LogP contribution in [0.1, 0.15) is 43.2 Å². The molecule has 2 rings (SSSR count). The second-order valence-electron chi connectivity index (χ2n) is 6.32. The van der Waals surface area contributed by atoms with E-state index in [1.54, 1.807) is 0 Å². The van der Waals surface area contributed by atoms with Gasteiger partial charge in [-0.3, -0.25) is 0 Å². The fraction of sp³-hybridized carbons (Fsp3) is 0.647. The molecule has 0 bridgehead atoms. The van der Waals surface area contributed by atoms with Crippen LogP contribution in [0.2, 0.25) is 0 Å². The van der Waals surface area contributed by atoms with Gasteiger partial charge in [-0.1, -0.05) is 43.5 Å². The predicted molar refractivity (Wildman–Crippen MR) is 86.9 cm³/mol. The van der Waals surface area contributed by atoms with E-state index in [0.29, 0.717) is 5.41 Å². The van der Waals surface area contributed by atoms with Crippen LogP contribution in [0, 0.1) is 12.3 Å². The van der Waals surface area contributed by atoms with Crippen LogP contribution in [0.15, 0.2) is 24.3 Å². The molecule has 2 heteroatoms. The van der Waals surface area contributed by atoms with Crippen LogP contribution in [-0.2, 0) is 6.54 Å². The third kappa shape index (κ3) is 4.00. The van der Waals surface area contributed by atoms with Crippen molar-refractivity contribution in [1.82, 2.24) is 4.90 Å². The van der Waals surface area contributed by atoms with Crippen molar-refractivity contribution < 1.29 is 0 Å². The Kier molecular flexibility index (Phi) is 5.35. The van der Waals surface area contributed by atoms with Crippen LogP contribution >= 0.6 is 12.6 Å². The van der Waals surface area contributed by atoms with Gasteiger partial charge in [-0.15, -0.1) is 0 Å². The summed E-state index contributed by atoms with van der Waals surface area (Å²) in [5.74, 6) is 1.03. The van der Waals surface area contributed by atoms with E-state index in [1.165, 1.54) is 49.8 Å². The summed E-state index contributed by atoms with van der Waals surface area (Å²) in [4.78, 5) is 2.49. The lowest BCUT2D eigenvalue weighted by Gasteiger charge is -2.39. The molecule has 1 aromatic rings. The Bertz CT molecular complexity index is 396. The summed E-state index contributed by atoms with van der Waals surface area (Å²) < 4.78 is 0. The molecular weight excluding hydrogens is 250 g/mol. The lowest BCUT2D eigenvalue weighted by molar-refractivity contribution is 0.140. The lowest BCUT2D eigenvalue weighted by Crippen LogP contribution is -2.38. The summed E-state index contributed by atoms with van der Waals surface area (Å²) >= 11 is 4.64.